The van der Waals surface area contributed by atoms with Gasteiger partial charge in [-0.1, -0.05) is 47.0 Å². The summed E-state index contributed by atoms with van der Waals surface area (Å²) in [5.74, 6) is 0.166. The number of rotatable bonds is 7. The van der Waals surface area contributed by atoms with Gasteiger partial charge in [0.1, 0.15) is 10.6 Å². The highest BCUT2D eigenvalue weighted by atomic mass is 35.5. The number of benzene rings is 3. The molecular weight excluding hydrogens is 459 g/mol. The second-order valence-corrected chi connectivity index (χ2v) is 9.36. The van der Waals surface area contributed by atoms with Crippen LogP contribution < -0.4 is 14.8 Å². The Kier molecular flexibility index (Phi) is 7.10. The molecule has 9 heteroatoms. The van der Waals surface area contributed by atoms with Gasteiger partial charge in [-0.15, -0.1) is 0 Å². The van der Waals surface area contributed by atoms with Crippen LogP contribution in [0.15, 0.2) is 65.6 Å². The summed E-state index contributed by atoms with van der Waals surface area (Å²) in [6.45, 7) is 3.63. The summed E-state index contributed by atoms with van der Waals surface area (Å²) >= 11 is 12.0. The van der Waals surface area contributed by atoms with Gasteiger partial charge in [0, 0.05) is 10.7 Å². The van der Waals surface area contributed by atoms with Crippen LogP contribution in [0.5, 0.6) is 5.75 Å². The number of sulfonamides is 1. The topological polar surface area (TPSA) is 84.5 Å². The molecular formula is C22H20Cl2N2O4S. The minimum absolute atomic E-state index is 0.0130. The molecule has 0 radical (unpaired) electrons. The minimum atomic E-state index is -4.01. The predicted molar refractivity (Wildman–Crippen MR) is 124 cm³/mol. The van der Waals surface area contributed by atoms with Gasteiger partial charge in [-0.3, -0.25) is 9.52 Å². The Bertz CT molecular complexity index is 1230. The number of aryl methyl sites for hydroxylation is 2. The monoisotopic (exact) mass is 478 g/mol. The minimum Gasteiger partial charge on any atom is -0.483 e. The van der Waals surface area contributed by atoms with Crippen molar-refractivity contribution in [3.8, 4) is 5.75 Å². The fourth-order valence-corrected chi connectivity index (χ4v) is 4.62. The Morgan fingerprint density at radius 2 is 1.74 bits per heavy atom. The number of nitrogens with one attached hydrogen (secondary N) is 2. The highest BCUT2D eigenvalue weighted by Gasteiger charge is 2.19. The highest BCUT2D eigenvalue weighted by Crippen LogP contribution is 2.28. The first-order valence-electron chi connectivity index (χ1n) is 9.22. The molecule has 3 aromatic rings. The smallest absolute Gasteiger partial charge is 0.263 e. The van der Waals surface area contributed by atoms with E-state index < -0.39 is 15.9 Å². The van der Waals surface area contributed by atoms with Crippen molar-refractivity contribution in [1.82, 2.24) is 0 Å². The van der Waals surface area contributed by atoms with E-state index >= 15 is 0 Å². The molecule has 0 saturated heterocycles. The molecule has 0 unspecified atom stereocenters. The van der Waals surface area contributed by atoms with Crippen LogP contribution >= 0.6 is 23.2 Å². The second kappa shape index (κ2) is 9.60. The van der Waals surface area contributed by atoms with Gasteiger partial charge in [-0.05, 0) is 61.9 Å². The van der Waals surface area contributed by atoms with E-state index in [9.17, 15) is 13.2 Å². The molecule has 0 aliphatic carbocycles. The quantitative estimate of drug-likeness (QED) is 0.474. The average Bonchev–Trinajstić information content (AvgIpc) is 2.68. The molecule has 0 atom stereocenters. The first-order chi connectivity index (χ1) is 14.6. The van der Waals surface area contributed by atoms with Crippen molar-refractivity contribution in [2.45, 2.75) is 18.7 Å². The third kappa shape index (κ3) is 6.13. The van der Waals surface area contributed by atoms with Crippen LogP contribution in [-0.4, -0.2) is 20.9 Å². The lowest BCUT2D eigenvalue weighted by Crippen LogP contribution is -2.21. The van der Waals surface area contributed by atoms with Crippen LogP contribution in [0.1, 0.15) is 11.1 Å². The third-order valence-corrected chi connectivity index (χ3v) is 6.37. The zero-order chi connectivity index (χ0) is 22.6. The molecule has 1 amide bonds. The Morgan fingerprint density at radius 3 is 2.45 bits per heavy atom. The summed E-state index contributed by atoms with van der Waals surface area (Å²) in [4.78, 5) is 12.1. The van der Waals surface area contributed by atoms with E-state index in [0.29, 0.717) is 16.5 Å². The van der Waals surface area contributed by atoms with E-state index in [4.69, 9.17) is 27.9 Å². The van der Waals surface area contributed by atoms with E-state index in [1.165, 1.54) is 24.3 Å². The number of hydrogen-bond acceptors (Lipinski definition) is 4. The maximum Gasteiger partial charge on any atom is 0.263 e. The van der Waals surface area contributed by atoms with Gasteiger partial charge >= 0.3 is 0 Å². The molecule has 0 saturated carbocycles. The van der Waals surface area contributed by atoms with Crippen molar-refractivity contribution in [3.05, 3.63) is 81.8 Å². The van der Waals surface area contributed by atoms with Gasteiger partial charge in [-0.2, -0.15) is 0 Å². The van der Waals surface area contributed by atoms with E-state index in [2.05, 4.69) is 10.0 Å². The largest absolute Gasteiger partial charge is 0.483 e. The Balaban J connectivity index is 1.72. The summed E-state index contributed by atoms with van der Waals surface area (Å²) in [5, 5.41) is 3.02. The Morgan fingerprint density at radius 1 is 0.968 bits per heavy atom. The second-order valence-electron chi connectivity index (χ2n) is 6.87. The number of amides is 1. The van der Waals surface area contributed by atoms with Crippen molar-refractivity contribution in [1.29, 1.82) is 0 Å². The van der Waals surface area contributed by atoms with Crippen LogP contribution in [-0.2, 0) is 14.8 Å². The molecule has 3 aromatic carbocycles. The number of hydrogen-bond donors (Lipinski definition) is 2. The standard InChI is InChI=1S/C22H20Cl2N2O4S/c1-14-6-9-20(15(2)10-14)30-13-22(27)25-17-7-8-19(24)21(12-17)31(28,29)26-18-5-3-4-16(23)11-18/h3-12,26H,13H2,1-2H3,(H,25,27). The van der Waals surface area contributed by atoms with Crippen LogP contribution in [0.4, 0.5) is 11.4 Å². The van der Waals surface area contributed by atoms with Crippen LogP contribution in [0.3, 0.4) is 0 Å². The number of anilines is 2. The van der Waals surface area contributed by atoms with Gasteiger partial charge in [0.25, 0.3) is 15.9 Å². The van der Waals surface area contributed by atoms with Crippen LogP contribution in [0.2, 0.25) is 10.0 Å². The molecule has 0 spiro atoms. The molecule has 0 aliphatic heterocycles. The van der Waals surface area contributed by atoms with Crippen molar-refractivity contribution < 1.29 is 17.9 Å². The summed E-state index contributed by atoms with van der Waals surface area (Å²) in [6.07, 6.45) is 0. The van der Waals surface area contributed by atoms with Crippen molar-refractivity contribution in [2.75, 3.05) is 16.6 Å². The van der Waals surface area contributed by atoms with E-state index in [-0.39, 0.29) is 22.2 Å². The van der Waals surface area contributed by atoms with Gasteiger partial charge in [0.2, 0.25) is 0 Å². The molecule has 0 bridgehead atoms. The molecule has 31 heavy (non-hydrogen) atoms. The summed E-state index contributed by atoms with van der Waals surface area (Å²) in [5.41, 5.74) is 2.57. The molecule has 0 aliphatic rings. The first kappa shape index (κ1) is 22.9. The number of ether oxygens (including phenoxy) is 1. The highest BCUT2D eigenvalue weighted by molar-refractivity contribution is 7.92. The van der Waals surface area contributed by atoms with Gasteiger partial charge in [0.05, 0.1) is 10.7 Å². The Hall–Kier alpha value is -2.74. The number of carbonyl (C=O) groups is 1. The molecule has 3 rings (SSSR count). The number of carbonyl (C=O) groups excluding carboxylic acids is 1. The zero-order valence-electron chi connectivity index (χ0n) is 16.8. The number of halogens is 2. The maximum absolute atomic E-state index is 12.8. The fraction of sp³-hybridized carbons (Fsp3) is 0.136. The molecule has 2 N–H and O–H groups in total. The van der Waals surface area contributed by atoms with E-state index in [0.717, 1.165) is 11.1 Å². The van der Waals surface area contributed by atoms with Crippen molar-refractivity contribution in [3.63, 3.8) is 0 Å². The molecule has 6 nitrogen and oxygen atoms in total. The lowest BCUT2D eigenvalue weighted by molar-refractivity contribution is -0.118. The maximum atomic E-state index is 12.8. The van der Waals surface area contributed by atoms with E-state index in [1.807, 2.05) is 26.0 Å². The van der Waals surface area contributed by atoms with Crippen molar-refractivity contribution >= 4 is 50.5 Å². The first-order valence-corrected chi connectivity index (χ1v) is 11.5. The van der Waals surface area contributed by atoms with Crippen molar-refractivity contribution in [2.24, 2.45) is 0 Å². The molecule has 162 valence electrons. The molecule has 0 fully saturated rings. The SMILES string of the molecule is Cc1ccc(OCC(=O)Nc2ccc(Cl)c(S(=O)(=O)Nc3cccc(Cl)c3)c2)c(C)c1. The summed E-state index contributed by atoms with van der Waals surface area (Å²) < 4.78 is 33.5. The summed E-state index contributed by atoms with van der Waals surface area (Å²) in [6, 6.07) is 16.1. The molecule has 0 heterocycles. The summed E-state index contributed by atoms with van der Waals surface area (Å²) in [7, 11) is -4.01. The zero-order valence-corrected chi connectivity index (χ0v) is 19.1. The Labute approximate surface area is 191 Å². The van der Waals surface area contributed by atoms with Gasteiger partial charge in [-0.25, -0.2) is 8.42 Å². The third-order valence-electron chi connectivity index (χ3n) is 4.27. The van der Waals surface area contributed by atoms with Crippen LogP contribution in [0.25, 0.3) is 0 Å². The van der Waals surface area contributed by atoms with Gasteiger partial charge < -0.3 is 10.1 Å². The molecule has 0 aromatic heterocycles. The average molecular weight is 479 g/mol. The lowest BCUT2D eigenvalue weighted by atomic mass is 10.1. The predicted octanol–water partition coefficient (Wildman–Crippen LogP) is 5.43. The van der Waals surface area contributed by atoms with Gasteiger partial charge in [0.15, 0.2) is 6.61 Å². The lowest BCUT2D eigenvalue weighted by Gasteiger charge is -2.13. The normalized spacial score (nSPS) is 11.1. The van der Waals surface area contributed by atoms with Crippen LogP contribution in [0, 0.1) is 13.8 Å². The van der Waals surface area contributed by atoms with E-state index in [1.54, 1.807) is 24.3 Å². The fourth-order valence-electron chi connectivity index (χ4n) is 2.85.